The molecule has 3 aromatic rings. The van der Waals surface area contributed by atoms with Gasteiger partial charge in [-0.05, 0) is 54.1 Å². The van der Waals surface area contributed by atoms with E-state index in [4.69, 9.17) is 4.74 Å². The number of amides is 1. The number of anilines is 1. The van der Waals surface area contributed by atoms with Gasteiger partial charge in [0.25, 0.3) is 5.91 Å². The molecule has 3 atom stereocenters. The van der Waals surface area contributed by atoms with Gasteiger partial charge in [-0.15, -0.1) is 8.78 Å². The predicted octanol–water partition coefficient (Wildman–Crippen LogP) is 4.53. The summed E-state index contributed by atoms with van der Waals surface area (Å²) >= 11 is 0. The number of sulfone groups is 1. The van der Waals surface area contributed by atoms with Gasteiger partial charge in [0.2, 0.25) is 0 Å². The molecule has 15 heteroatoms. The molecule has 0 aliphatic carbocycles. The van der Waals surface area contributed by atoms with Crippen LogP contribution in [0.5, 0.6) is 17.2 Å². The Balaban J connectivity index is 1.26. The minimum Gasteiger partial charge on any atom is -0.488 e. The van der Waals surface area contributed by atoms with E-state index in [2.05, 4.69) is 19.5 Å². The highest BCUT2D eigenvalue weighted by molar-refractivity contribution is 7.91. The van der Waals surface area contributed by atoms with Crippen LogP contribution in [0.3, 0.4) is 0 Å². The average Bonchev–Trinajstić information content (AvgIpc) is 3.56. The molecular weight excluding hydrogens is 624 g/mol. The van der Waals surface area contributed by atoms with E-state index in [1.807, 2.05) is 0 Å². The molecular formula is C30H30F4N2O8S. The molecule has 45 heavy (non-hydrogen) atoms. The van der Waals surface area contributed by atoms with E-state index < -0.39 is 53.4 Å². The number of carbonyl (C=O) groups excluding carboxylic acids is 1. The number of ether oxygens (including phenoxy) is 4. The van der Waals surface area contributed by atoms with Crippen molar-refractivity contribution in [2.75, 3.05) is 30.4 Å². The number of rotatable bonds is 12. The van der Waals surface area contributed by atoms with Gasteiger partial charge in [-0.1, -0.05) is 19.1 Å². The number of aliphatic hydroxyl groups excluding tert-OH is 1. The lowest BCUT2D eigenvalue weighted by Crippen LogP contribution is -2.34. The third kappa shape index (κ3) is 7.60. The van der Waals surface area contributed by atoms with E-state index in [0.717, 1.165) is 0 Å². The number of hydrogen-bond donors (Lipinski definition) is 2. The molecule has 0 aromatic heterocycles. The highest BCUT2D eigenvalue weighted by Crippen LogP contribution is 2.43. The van der Waals surface area contributed by atoms with Crippen molar-refractivity contribution in [1.29, 1.82) is 0 Å². The first-order chi connectivity index (χ1) is 21.4. The van der Waals surface area contributed by atoms with Crippen molar-refractivity contribution in [3.63, 3.8) is 0 Å². The van der Waals surface area contributed by atoms with Crippen LogP contribution in [0.2, 0.25) is 0 Å². The zero-order valence-electron chi connectivity index (χ0n) is 23.9. The first kappa shape index (κ1) is 32.3. The van der Waals surface area contributed by atoms with Crippen LogP contribution in [0.25, 0.3) is 0 Å². The third-order valence-electron chi connectivity index (χ3n) is 7.44. The van der Waals surface area contributed by atoms with Gasteiger partial charge in [0, 0.05) is 23.7 Å². The van der Waals surface area contributed by atoms with Gasteiger partial charge in [0.15, 0.2) is 21.3 Å². The van der Waals surface area contributed by atoms with E-state index in [0.29, 0.717) is 11.3 Å². The number of hydrogen-bond acceptors (Lipinski definition) is 9. The van der Waals surface area contributed by atoms with Crippen LogP contribution in [0.4, 0.5) is 23.2 Å². The first-order valence-electron chi connectivity index (χ1n) is 13.9. The molecule has 1 saturated heterocycles. The Kier molecular flexibility index (Phi) is 9.41. The van der Waals surface area contributed by atoms with Crippen LogP contribution in [0, 0.1) is 0 Å². The van der Waals surface area contributed by atoms with Crippen LogP contribution >= 0.6 is 0 Å². The molecule has 3 aromatic carbocycles. The summed E-state index contributed by atoms with van der Waals surface area (Å²) in [6, 6.07) is 14.9. The normalized spacial score (nSPS) is 19.5. The Morgan fingerprint density at radius 1 is 1.07 bits per heavy atom. The minimum absolute atomic E-state index is 0.0583. The lowest BCUT2D eigenvalue weighted by atomic mass is 10.1. The highest BCUT2D eigenvalue weighted by atomic mass is 32.2. The summed E-state index contributed by atoms with van der Waals surface area (Å²) in [5.74, 6) is -0.666. The zero-order valence-corrected chi connectivity index (χ0v) is 24.7. The minimum atomic E-state index is -3.78. The fourth-order valence-electron chi connectivity index (χ4n) is 5.17. The van der Waals surface area contributed by atoms with Crippen LogP contribution in [0.15, 0.2) is 71.6 Å². The van der Waals surface area contributed by atoms with Gasteiger partial charge in [-0.2, -0.15) is 8.78 Å². The van der Waals surface area contributed by atoms with Gasteiger partial charge in [0.05, 0.1) is 42.5 Å². The highest BCUT2D eigenvalue weighted by Gasteiger charge is 2.44. The fourth-order valence-corrected chi connectivity index (χ4v) is 6.05. The van der Waals surface area contributed by atoms with Crippen molar-refractivity contribution >= 4 is 21.4 Å². The van der Waals surface area contributed by atoms with E-state index in [-0.39, 0.29) is 53.0 Å². The van der Waals surface area contributed by atoms with Gasteiger partial charge in [-0.25, -0.2) is 8.42 Å². The molecule has 1 unspecified atom stereocenters. The number of fused-ring (bicyclic) bond motifs is 1. The van der Waals surface area contributed by atoms with E-state index in [9.17, 15) is 35.9 Å². The molecule has 1 fully saturated rings. The van der Waals surface area contributed by atoms with E-state index >= 15 is 0 Å². The summed E-state index contributed by atoms with van der Waals surface area (Å²) in [5, 5.41) is 12.6. The molecule has 1 amide bonds. The fraction of sp³-hybridized carbons (Fsp3) is 0.367. The Morgan fingerprint density at radius 2 is 1.76 bits per heavy atom. The molecule has 2 aliphatic rings. The second kappa shape index (κ2) is 13.1. The SMILES string of the molecule is CCS(=O)(=O)c1ccc(C(CO)NC(=O)c2ccc(N3C[C@@H](Oc4ccc5c(c4)OC(F)(F)O5)C[C@H]3COC(F)F)cc2)cc1. The quantitative estimate of drug-likeness (QED) is 0.271. The van der Waals surface area contributed by atoms with Crippen LogP contribution in [-0.2, 0) is 14.6 Å². The Bertz CT molecular complexity index is 1610. The molecule has 2 heterocycles. The number of benzene rings is 3. The molecule has 2 aliphatic heterocycles. The molecule has 0 spiro atoms. The maximum Gasteiger partial charge on any atom is 0.586 e. The number of nitrogens with zero attached hydrogens (tertiary/aromatic N) is 1. The predicted molar refractivity (Wildman–Crippen MR) is 153 cm³/mol. The Morgan fingerprint density at radius 3 is 2.40 bits per heavy atom. The standard InChI is InChI=1S/C30H30F4N2O8S/c1-2-45(39,40)24-10-5-18(6-11-24)25(16-37)35-28(38)19-3-7-20(8-4-19)36-15-23(13-21(36)17-41-29(31)32)42-22-9-12-26-27(14-22)44-30(33,34)43-26/h3-12,14,21,23,25,29,37H,2,13,15-17H2,1H3,(H,35,38)/t21-,23-,25?/m0/s1. The van der Waals surface area contributed by atoms with E-state index in [1.54, 1.807) is 17.0 Å². The van der Waals surface area contributed by atoms with Crippen LogP contribution in [-0.4, -0.2) is 70.0 Å². The summed E-state index contributed by atoms with van der Waals surface area (Å²) in [4.78, 5) is 14.9. The summed E-state index contributed by atoms with van der Waals surface area (Å²) in [7, 11) is -3.40. The first-order valence-corrected chi connectivity index (χ1v) is 15.6. The van der Waals surface area contributed by atoms with Crippen molar-refractivity contribution < 1.29 is 54.8 Å². The number of halogens is 4. The largest absolute Gasteiger partial charge is 0.586 e. The van der Waals surface area contributed by atoms with Crippen molar-refractivity contribution in [3.8, 4) is 17.2 Å². The van der Waals surface area contributed by atoms with Crippen LogP contribution < -0.4 is 24.4 Å². The monoisotopic (exact) mass is 654 g/mol. The second-order valence-corrected chi connectivity index (χ2v) is 12.7. The Labute approximate surface area is 256 Å². The third-order valence-corrected chi connectivity index (χ3v) is 9.19. The van der Waals surface area contributed by atoms with Crippen molar-refractivity contribution in [1.82, 2.24) is 5.32 Å². The van der Waals surface area contributed by atoms with Gasteiger partial charge >= 0.3 is 12.9 Å². The molecule has 10 nitrogen and oxygen atoms in total. The number of carbonyl (C=O) groups is 1. The maximum atomic E-state index is 13.4. The topological polar surface area (TPSA) is 124 Å². The molecule has 0 radical (unpaired) electrons. The molecule has 0 saturated carbocycles. The smallest absolute Gasteiger partial charge is 0.488 e. The molecule has 5 rings (SSSR count). The summed E-state index contributed by atoms with van der Waals surface area (Å²) in [5.41, 5.74) is 1.36. The van der Waals surface area contributed by atoms with Crippen molar-refractivity contribution in [2.24, 2.45) is 0 Å². The van der Waals surface area contributed by atoms with Gasteiger partial charge < -0.3 is 34.3 Å². The van der Waals surface area contributed by atoms with Crippen molar-refractivity contribution in [3.05, 3.63) is 77.9 Å². The zero-order chi connectivity index (χ0) is 32.4. The average molecular weight is 655 g/mol. The summed E-state index contributed by atoms with van der Waals surface area (Å²) in [6.45, 7) is -1.96. The number of nitrogens with one attached hydrogen (secondary N) is 1. The lowest BCUT2D eigenvalue weighted by molar-refractivity contribution is -0.286. The summed E-state index contributed by atoms with van der Waals surface area (Å²) < 4.78 is 96.1. The molecule has 242 valence electrons. The van der Waals surface area contributed by atoms with Crippen LogP contribution in [0.1, 0.15) is 35.3 Å². The Hall–Kier alpha value is -4.08. The number of alkyl halides is 4. The summed E-state index contributed by atoms with van der Waals surface area (Å²) in [6.07, 6.45) is -4.03. The lowest BCUT2D eigenvalue weighted by Gasteiger charge is -2.26. The van der Waals surface area contributed by atoms with E-state index in [1.165, 1.54) is 61.5 Å². The number of aliphatic hydroxyl groups is 1. The second-order valence-electron chi connectivity index (χ2n) is 10.4. The van der Waals surface area contributed by atoms with Gasteiger partial charge in [0.1, 0.15) is 11.9 Å². The molecule has 0 bridgehead atoms. The molecule has 2 N–H and O–H groups in total. The van der Waals surface area contributed by atoms with Crippen molar-refractivity contribution in [2.45, 2.75) is 49.3 Å². The maximum absolute atomic E-state index is 13.4. The van der Waals surface area contributed by atoms with Gasteiger partial charge in [-0.3, -0.25) is 4.79 Å².